The van der Waals surface area contributed by atoms with Gasteiger partial charge in [-0.1, -0.05) is 20.3 Å². The second-order valence-electron chi connectivity index (χ2n) is 4.57. The van der Waals surface area contributed by atoms with Gasteiger partial charge in [-0.05, 0) is 30.2 Å². The Labute approximate surface area is 106 Å². The van der Waals surface area contributed by atoms with Gasteiger partial charge in [0.25, 0.3) is 0 Å². The Bertz CT molecular complexity index is 412. The highest BCUT2D eigenvalue weighted by molar-refractivity contribution is 5.94. The number of hydrogen-bond acceptors (Lipinski definition) is 4. The Kier molecular flexibility index (Phi) is 3.65. The average molecular weight is 248 g/mol. The highest BCUT2D eigenvalue weighted by atomic mass is 16.7. The van der Waals surface area contributed by atoms with Gasteiger partial charge in [0.2, 0.25) is 6.29 Å². The molecule has 0 aromatic heterocycles. The first-order chi connectivity index (χ1) is 8.60. The van der Waals surface area contributed by atoms with Crippen molar-refractivity contribution in [3.8, 4) is 0 Å². The summed E-state index contributed by atoms with van der Waals surface area (Å²) in [6.07, 6.45) is 0.661. The van der Waals surface area contributed by atoms with E-state index in [1.165, 1.54) is 0 Å². The second kappa shape index (κ2) is 5.21. The largest absolute Gasteiger partial charge is 0.422 e. The zero-order valence-electron chi connectivity index (χ0n) is 10.5. The molecule has 2 aliphatic rings. The molecule has 0 fully saturated rings. The summed E-state index contributed by atoms with van der Waals surface area (Å²) in [6.45, 7) is 4.07. The molecule has 3 rings (SSSR count). The third kappa shape index (κ3) is 2.70. The van der Waals surface area contributed by atoms with E-state index in [4.69, 9.17) is 9.47 Å². The number of fused-ring (bicyclic) bond motifs is 6. The fourth-order valence-corrected chi connectivity index (χ4v) is 1.73. The molecule has 0 N–H and O–H groups in total. The molecule has 18 heavy (non-hydrogen) atoms. The SMILES string of the molecule is CCC(C)CC1OC(=O)c2ccc(cc2)C(=O)O1. The number of carbonyl (C=O) groups excluding carboxylic acids is 2. The number of carbonyl (C=O) groups is 2. The first-order valence-corrected chi connectivity index (χ1v) is 6.12. The molecule has 96 valence electrons. The lowest BCUT2D eigenvalue weighted by atomic mass is 10.1. The lowest BCUT2D eigenvalue weighted by Gasteiger charge is -2.19. The Balaban J connectivity index is 2.21. The summed E-state index contributed by atoms with van der Waals surface area (Å²) < 4.78 is 10.4. The van der Waals surface area contributed by atoms with E-state index >= 15 is 0 Å². The minimum atomic E-state index is -0.801. The van der Waals surface area contributed by atoms with Crippen LogP contribution in [0.2, 0.25) is 0 Å². The number of hydrogen-bond donors (Lipinski definition) is 0. The van der Waals surface area contributed by atoms with Gasteiger partial charge in [-0.15, -0.1) is 0 Å². The molecule has 1 atom stereocenters. The molecule has 1 aromatic carbocycles. The van der Waals surface area contributed by atoms with E-state index in [1.807, 2.05) is 13.8 Å². The van der Waals surface area contributed by atoms with Crippen molar-refractivity contribution in [2.45, 2.75) is 33.0 Å². The van der Waals surface area contributed by atoms with Gasteiger partial charge in [0.15, 0.2) is 0 Å². The van der Waals surface area contributed by atoms with Gasteiger partial charge in [-0.2, -0.15) is 0 Å². The van der Waals surface area contributed by atoms with Crippen LogP contribution in [0.4, 0.5) is 0 Å². The molecule has 0 saturated carbocycles. The molecule has 0 spiro atoms. The van der Waals surface area contributed by atoms with Crippen LogP contribution in [0.3, 0.4) is 0 Å². The van der Waals surface area contributed by atoms with E-state index in [1.54, 1.807) is 24.3 Å². The molecule has 2 bridgehead atoms. The van der Waals surface area contributed by atoms with E-state index in [0.29, 0.717) is 23.5 Å². The Morgan fingerprint density at radius 3 is 1.89 bits per heavy atom. The van der Waals surface area contributed by atoms with Crippen molar-refractivity contribution < 1.29 is 19.1 Å². The molecule has 4 nitrogen and oxygen atoms in total. The average Bonchev–Trinajstić information content (AvgIpc) is 2.45. The van der Waals surface area contributed by atoms with Crippen molar-refractivity contribution in [1.82, 2.24) is 0 Å². The highest BCUT2D eigenvalue weighted by Gasteiger charge is 2.25. The summed E-state index contributed by atoms with van der Waals surface area (Å²) in [5.41, 5.74) is 0.873. The molecule has 0 amide bonds. The lowest BCUT2D eigenvalue weighted by Crippen LogP contribution is -2.25. The predicted molar refractivity (Wildman–Crippen MR) is 65.1 cm³/mol. The van der Waals surface area contributed by atoms with Crippen molar-refractivity contribution in [3.05, 3.63) is 35.4 Å². The summed E-state index contributed by atoms with van der Waals surface area (Å²) in [5, 5.41) is 0. The second-order valence-corrected chi connectivity index (χ2v) is 4.57. The van der Waals surface area contributed by atoms with Crippen molar-refractivity contribution in [3.63, 3.8) is 0 Å². The standard InChI is InChI=1S/C14H16O4/c1-3-9(2)8-12-17-13(15)10-4-5-11(7-6-10)14(16)18-12/h4-7,9,12H,3,8H2,1-2H3. The van der Waals surface area contributed by atoms with Gasteiger partial charge in [0, 0.05) is 6.42 Å². The van der Waals surface area contributed by atoms with E-state index in [9.17, 15) is 9.59 Å². The first kappa shape index (κ1) is 12.6. The third-order valence-corrected chi connectivity index (χ3v) is 3.13. The van der Waals surface area contributed by atoms with Gasteiger partial charge < -0.3 is 9.47 Å². The molecule has 1 aromatic rings. The molecule has 2 heterocycles. The predicted octanol–water partition coefficient (Wildman–Crippen LogP) is 2.78. The quantitative estimate of drug-likeness (QED) is 0.772. The fourth-order valence-electron chi connectivity index (χ4n) is 1.73. The van der Waals surface area contributed by atoms with Crippen molar-refractivity contribution in [2.75, 3.05) is 0 Å². The molecular weight excluding hydrogens is 232 g/mol. The van der Waals surface area contributed by atoms with E-state index in [2.05, 4.69) is 0 Å². The highest BCUT2D eigenvalue weighted by Crippen LogP contribution is 2.19. The van der Waals surface area contributed by atoms with Crippen LogP contribution in [0.15, 0.2) is 24.3 Å². The van der Waals surface area contributed by atoms with Crippen LogP contribution < -0.4 is 0 Å². The van der Waals surface area contributed by atoms with Crippen molar-refractivity contribution in [2.24, 2.45) is 5.92 Å². The number of rotatable bonds is 3. The summed E-state index contributed by atoms with van der Waals surface area (Å²) in [4.78, 5) is 23.6. The molecule has 0 aliphatic carbocycles. The number of esters is 2. The normalized spacial score (nSPS) is 17.4. The molecule has 0 saturated heterocycles. The molecular formula is C14H16O4. The van der Waals surface area contributed by atoms with Crippen LogP contribution in [0.25, 0.3) is 0 Å². The van der Waals surface area contributed by atoms with E-state index in [-0.39, 0.29) is 0 Å². The number of benzene rings is 1. The van der Waals surface area contributed by atoms with Crippen LogP contribution in [0, 0.1) is 5.92 Å². The monoisotopic (exact) mass is 248 g/mol. The van der Waals surface area contributed by atoms with Crippen LogP contribution in [-0.4, -0.2) is 18.2 Å². The van der Waals surface area contributed by atoms with Crippen LogP contribution in [0.1, 0.15) is 47.4 Å². The van der Waals surface area contributed by atoms with Crippen LogP contribution in [0.5, 0.6) is 0 Å². The first-order valence-electron chi connectivity index (χ1n) is 6.12. The van der Waals surface area contributed by atoms with Crippen LogP contribution >= 0.6 is 0 Å². The summed E-state index contributed by atoms with van der Waals surface area (Å²) in [6, 6.07) is 6.30. The summed E-state index contributed by atoms with van der Waals surface area (Å²) >= 11 is 0. The van der Waals surface area contributed by atoms with Gasteiger partial charge >= 0.3 is 11.9 Å². The Hall–Kier alpha value is -1.84. The van der Waals surface area contributed by atoms with Crippen molar-refractivity contribution in [1.29, 1.82) is 0 Å². The maximum Gasteiger partial charge on any atom is 0.341 e. The number of ether oxygens (including phenoxy) is 2. The van der Waals surface area contributed by atoms with Crippen molar-refractivity contribution >= 4 is 11.9 Å². The van der Waals surface area contributed by atoms with E-state index in [0.717, 1.165) is 6.42 Å². The van der Waals surface area contributed by atoms with Gasteiger partial charge in [-0.25, -0.2) is 9.59 Å². The lowest BCUT2D eigenvalue weighted by molar-refractivity contribution is -0.0883. The minimum Gasteiger partial charge on any atom is -0.422 e. The Morgan fingerprint density at radius 2 is 1.50 bits per heavy atom. The molecule has 4 heteroatoms. The topological polar surface area (TPSA) is 52.6 Å². The smallest absolute Gasteiger partial charge is 0.341 e. The summed E-state index contributed by atoms with van der Waals surface area (Å²) in [7, 11) is 0. The van der Waals surface area contributed by atoms with E-state index < -0.39 is 18.2 Å². The van der Waals surface area contributed by atoms with Gasteiger partial charge in [0.1, 0.15) is 0 Å². The zero-order chi connectivity index (χ0) is 13.1. The molecule has 0 radical (unpaired) electrons. The Morgan fingerprint density at radius 1 is 1.06 bits per heavy atom. The maximum absolute atomic E-state index is 11.8. The fraction of sp³-hybridized carbons (Fsp3) is 0.429. The minimum absolute atomic E-state index is 0.324. The van der Waals surface area contributed by atoms with Gasteiger partial charge in [-0.3, -0.25) is 0 Å². The molecule has 1 unspecified atom stereocenters. The third-order valence-electron chi connectivity index (χ3n) is 3.13. The zero-order valence-corrected chi connectivity index (χ0v) is 10.5. The summed E-state index contributed by atoms with van der Waals surface area (Å²) in [5.74, 6) is -0.584. The molecule has 2 aliphatic heterocycles. The maximum atomic E-state index is 11.8. The van der Waals surface area contributed by atoms with Crippen LogP contribution in [-0.2, 0) is 9.47 Å². The van der Waals surface area contributed by atoms with Gasteiger partial charge in [0.05, 0.1) is 11.1 Å².